The summed E-state index contributed by atoms with van der Waals surface area (Å²) in [7, 11) is -2.29. The lowest BCUT2D eigenvalue weighted by Crippen LogP contribution is -2.40. The number of hydrogen-bond acceptors (Lipinski definition) is 6. The fourth-order valence-corrected chi connectivity index (χ4v) is 4.98. The van der Waals surface area contributed by atoms with Crippen molar-refractivity contribution >= 4 is 27.7 Å². The zero-order valence-corrected chi connectivity index (χ0v) is 18.7. The van der Waals surface area contributed by atoms with Crippen molar-refractivity contribution in [3.63, 3.8) is 0 Å². The minimum absolute atomic E-state index is 0.0419. The van der Waals surface area contributed by atoms with Gasteiger partial charge in [-0.3, -0.25) is 4.79 Å². The molecule has 0 bridgehead atoms. The van der Waals surface area contributed by atoms with Crippen molar-refractivity contribution < 1.29 is 22.7 Å². The Hall–Kier alpha value is -2.07. The first-order valence-corrected chi connectivity index (χ1v) is 12.1. The number of amides is 1. The minimum atomic E-state index is -3.75. The number of rotatable bonds is 8. The Balaban J connectivity index is 1.67. The van der Waals surface area contributed by atoms with E-state index in [1.165, 1.54) is 30.9 Å². The molecule has 0 radical (unpaired) electrons. The molecule has 162 valence electrons. The zero-order valence-electron chi connectivity index (χ0n) is 17.1. The van der Waals surface area contributed by atoms with E-state index >= 15 is 0 Å². The number of carbonyl (C=O) groups excluding carboxylic acids is 1. The summed E-state index contributed by atoms with van der Waals surface area (Å²) in [6, 6.07) is 12.4. The van der Waals surface area contributed by atoms with Crippen molar-refractivity contribution in [2.45, 2.75) is 16.7 Å². The van der Waals surface area contributed by atoms with Crippen LogP contribution >= 0.6 is 11.8 Å². The van der Waals surface area contributed by atoms with E-state index in [0.717, 1.165) is 4.90 Å². The third kappa shape index (κ3) is 5.75. The van der Waals surface area contributed by atoms with Crippen molar-refractivity contribution in [3.8, 4) is 5.75 Å². The van der Waals surface area contributed by atoms with Gasteiger partial charge in [0, 0.05) is 30.3 Å². The summed E-state index contributed by atoms with van der Waals surface area (Å²) in [4.78, 5) is 15.6. The predicted octanol–water partition coefficient (Wildman–Crippen LogP) is 2.55. The van der Waals surface area contributed by atoms with Crippen LogP contribution in [0.1, 0.15) is 15.9 Å². The van der Waals surface area contributed by atoms with Crippen LogP contribution in [0.15, 0.2) is 52.3 Å². The number of morpholine rings is 1. The molecule has 30 heavy (non-hydrogen) atoms. The second-order valence-electron chi connectivity index (χ2n) is 6.83. The number of methoxy groups -OCH3 is 1. The Morgan fingerprint density at radius 3 is 2.53 bits per heavy atom. The van der Waals surface area contributed by atoms with Crippen LogP contribution < -0.4 is 9.46 Å². The lowest BCUT2D eigenvalue weighted by Gasteiger charge is -2.27. The largest absolute Gasteiger partial charge is 0.496 e. The van der Waals surface area contributed by atoms with E-state index in [9.17, 15) is 13.2 Å². The number of nitrogens with zero attached hydrogens (tertiary/aromatic N) is 1. The summed E-state index contributed by atoms with van der Waals surface area (Å²) >= 11 is 1.58. The topological polar surface area (TPSA) is 84.9 Å². The minimum Gasteiger partial charge on any atom is -0.496 e. The molecule has 1 saturated heterocycles. The normalized spacial score (nSPS) is 14.5. The number of ether oxygens (including phenoxy) is 2. The molecule has 2 aromatic carbocycles. The number of carbonyl (C=O) groups is 1. The van der Waals surface area contributed by atoms with Crippen molar-refractivity contribution in [2.75, 3.05) is 45.7 Å². The van der Waals surface area contributed by atoms with Gasteiger partial charge in [0.15, 0.2) is 0 Å². The van der Waals surface area contributed by atoms with E-state index < -0.39 is 10.0 Å². The molecule has 1 heterocycles. The maximum atomic E-state index is 12.9. The maximum Gasteiger partial charge on any atom is 0.257 e. The Kier molecular flexibility index (Phi) is 7.76. The van der Waals surface area contributed by atoms with E-state index in [1.807, 2.05) is 31.2 Å². The maximum absolute atomic E-state index is 12.9. The zero-order chi connectivity index (χ0) is 21.6. The Morgan fingerprint density at radius 1 is 1.17 bits per heavy atom. The van der Waals surface area contributed by atoms with Crippen LogP contribution in [0, 0.1) is 6.92 Å². The molecule has 1 aliphatic heterocycles. The first-order chi connectivity index (χ1) is 14.4. The van der Waals surface area contributed by atoms with Gasteiger partial charge >= 0.3 is 0 Å². The van der Waals surface area contributed by atoms with Gasteiger partial charge in [-0.2, -0.15) is 0 Å². The van der Waals surface area contributed by atoms with E-state index in [1.54, 1.807) is 16.7 Å². The molecule has 1 amide bonds. The lowest BCUT2D eigenvalue weighted by molar-refractivity contribution is 0.0300. The van der Waals surface area contributed by atoms with Gasteiger partial charge in [-0.1, -0.05) is 17.7 Å². The van der Waals surface area contributed by atoms with E-state index in [-0.39, 0.29) is 22.9 Å². The molecule has 9 heteroatoms. The van der Waals surface area contributed by atoms with Crippen molar-refractivity contribution in [2.24, 2.45) is 0 Å². The number of hydrogen-bond donors (Lipinski definition) is 1. The van der Waals surface area contributed by atoms with Crippen LogP contribution in [-0.4, -0.2) is 64.9 Å². The van der Waals surface area contributed by atoms with Crippen molar-refractivity contribution in [3.05, 3.63) is 53.6 Å². The summed E-state index contributed by atoms with van der Waals surface area (Å²) in [5.41, 5.74) is 1.42. The van der Waals surface area contributed by atoms with Crippen LogP contribution in [-0.2, 0) is 14.8 Å². The summed E-state index contributed by atoms with van der Waals surface area (Å²) in [6.07, 6.45) is 0. The number of thioether (sulfide) groups is 1. The first-order valence-electron chi connectivity index (χ1n) is 9.65. The molecule has 0 atom stereocenters. The quantitative estimate of drug-likeness (QED) is 0.492. The van der Waals surface area contributed by atoms with Gasteiger partial charge in [-0.15, -0.1) is 11.8 Å². The number of sulfonamides is 1. The van der Waals surface area contributed by atoms with Crippen LogP contribution in [0.2, 0.25) is 0 Å². The SMILES string of the molecule is COc1ccc(S(=O)(=O)NCCSc2ccc(C)cc2)cc1C(=O)N1CCOCC1. The van der Waals surface area contributed by atoms with E-state index in [4.69, 9.17) is 9.47 Å². The summed E-state index contributed by atoms with van der Waals surface area (Å²) in [6.45, 7) is 4.16. The van der Waals surface area contributed by atoms with Gasteiger partial charge in [0.1, 0.15) is 5.75 Å². The van der Waals surface area contributed by atoms with Gasteiger partial charge in [-0.25, -0.2) is 13.1 Å². The molecule has 0 aromatic heterocycles. The van der Waals surface area contributed by atoms with Crippen LogP contribution in [0.4, 0.5) is 0 Å². The standard InChI is InChI=1S/C21H26N2O5S2/c1-16-3-5-17(6-4-16)29-14-9-22-30(25,26)18-7-8-20(27-2)19(15-18)21(24)23-10-12-28-13-11-23/h3-8,15,22H,9-14H2,1-2H3. The molecule has 0 unspecified atom stereocenters. The summed E-state index contributed by atoms with van der Waals surface area (Å²) in [5.74, 6) is 0.681. The highest BCUT2D eigenvalue weighted by atomic mass is 32.2. The van der Waals surface area contributed by atoms with Crippen LogP contribution in [0.5, 0.6) is 5.75 Å². The van der Waals surface area contributed by atoms with Gasteiger partial charge < -0.3 is 14.4 Å². The monoisotopic (exact) mass is 450 g/mol. The second-order valence-corrected chi connectivity index (χ2v) is 9.76. The lowest BCUT2D eigenvalue weighted by atomic mass is 10.1. The molecular weight excluding hydrogens is 424 g/mol. The van der Waals surface area contributed by atoms with Crippen LogP contribution in [0.3, 0.4) is 0 Å². The Bertz CT molecular complexity index is 971. The van der Waals surface area contributed by atoms with E-state index in [2.05, 4.69) is 4.72 Å². The highest BCUT2D eigenvalue weighted by Crippen LogP contribution is 2.25. The number of nitrogens with one attached hydrogen (secondary N) is 1. The summed E-state index contributed by atoms with van der Waals surface area (Å²) < 4.78 is 38.6. The van der Waals surface area contributed by atoms with Gasteiger partial charge in [0.2, 0.25) is 10.0 Å². The Morgan fingerprint density at radius 2 is 1.87 bits per heavy atom. The van der Waals surface area contributed by atoms with Gasteiger partial charge in [-0.05, 0) is 37.3 Å². The smallest absolute Gasteiger partial charge is 0.257 e. The van der Waals surface area contributed by atoms with Gasteiger partial charge in [0.25, 0.3) is 5.91 Å². The molecular formula is C21H26N2O5S2. The van der Waals surface area contributed by atoms with E-state index in [0.29, 0.717) is 37.8 Å². The Labute approximate surface area is 181 Å². The summed E-state index contributed by atoms with van der Waals surface area (Å²) in [5, 5.41) is 0. The third-order valence-electron chi connectivity index (χ3n) is 4.69. The third-order valence-corrected chi connectivity index (χ3v) is 7.17. The molecule has 2 aromatic rings. The highest BCUT2D eigenvalue weighted by Gasteiger charge is 2.24. The predicted molar refractivity (Wildman–Crippen MR) is 117 cm³/mol. The number of aryl methyl sites for hydroxylation is 1. The molecule has 7 nitrogen and oxygen atoms in total. The number of benzene rings is 2. The molecule has 0 aliphatic carbocycles. The van der Waals surface area contributed by atoms with Crippen molar-refractivity contribution in [1.82, 2.24) is 9.62 Å². The molecule has 3 rings (SSSR count). The highest BCUT2D eigenvalue weighted by molar-refractivity contribution is 7.99. The van der Waals surface area contributed by atoms with Gasteiger partial charge in [0.05, 0.1) is 30.8 Å². The van der Waals surface area contributed by atoms with Crippen LogP contribution in [0.25, 0.3) is 0 Å². The average Bonchev–Trinajstić information content (AvgIpc) is 2.77. The molecule has 1 N–H and O–H groups in total. The average molecular weight is 451 g/mol. The molecule has 1 fully saturated rings. The first kappa shape index (κ1) is 22.6. The molecule has 0 saturated carbocycles. The fourth-order valence-electron chi connectivity index (χ4n) is 3.02. The molecule has 0 spiro atoms. The molecule has 1 aliphatic rings. The second kappa shape index (κ2) is 10.3. The fraction of sp³-hybridized carbons (Fsp3) is 0.381. The van der Waals surface area contributed by atoms with Crippen molar-refractivity contribution in [1.29, 1.82) is 0 Å².